The molecule has 35 heavy (non-hydrogen) atoms. The molecule has 2 N–H and O–H groups in total. The third-order valence-electron chi connectivity index (χ3n) is 7.11. The summed E-state index contributed by atoms with van der Waals surface area (Å²) in [6.45, 7) is 1.23. The van der Waals surface area contributed by atoms with Crippen molar-refractivity contribution >= 4 is 35.0 Å². The second-order valence-corrected chi connectivity index (χ2v) is 9.65. The van der Waals surface area contributed by atoms with Gasteiger partial charge < -0.3 is 20.2 Å². The molecule has 9 nitrogen and oxygen atoms in total. The quantitative estimate of drug-likeness (QED) is 0.623. The minimum absolute atomic E-state index is 0.0771. The number of nitrogens with one attached hydrogen (secondary N) is 1. The third-order valence-corrected chi connectivity index (χ3v) is 7.42. The van der Waals surface area contributed by atoms with Crippen molar-refractivity contribution in [1.82, 2.24) is 15.5 Å². The van der Waals surface area contributed by atoms with Gasteiger partial charge in [-0.05, 0) is 68.9 Å². The van der Waals surface area contributed by atoms with E-state index in [2.05, 4.69) is 26.5 Å². The molecule has 0 spiro atoms. The van der Waals surface area contributed by atoms with E-state index in [1.54, 1.807) is 18.2 Å². The van der Waals surface area contributed by atoms with Gasteiger partial charge in [-0.25, -0.2) is 0 Å². The van der Waals surface area contributed by atoms with Gasteiger partial charge in [0.25, 0.3) is 5.91 Å². The number of rotatable bonds is 6. The number of piperidine rings is 1. The molecule has 0 radical (unpaired) electrons. The Balaban J connectivity index is 1.26. The molecule has 0 atom stereocenters. The number of amides is 1. The number of carbonyl (C=O) groups is 2. The summed E-state index contributed by atoms with van der Waals surface area (Å²) in [7, 11) is 2.03. The summed E-state index contributed by atoms with van der Waals surface area (Å²) in [6, 6.07) is 11.4. The Hall–Kier alpha value is -3.38. The number of carboxylic acid groups (broad SMARTS) is 1. The number of benzene rings is 1. The molecule has 1 aliphatic carbocycles. The lowest BCUT2D eigenvalue weighted by molar-refractivity contribution is -0.142. The summed E-state index contributed by atoms with van der Waals surface area (Å²) in [5.41, 5.74) is 1.72. The molecule has 1 aliphatic heterocycles. The highest BCUT2D eigenvalue weighted by atomic mass is 35.5. The fraction of sp³-hybridized carbons (Fsp3) is 0.480. The predicted molar refractivity (Wildman–Crippen MR) is 133 cm³/mol. The molecule has 2 heterocycles. The number of nitriles is 1. The number of aliphatic carboxylic acids is 1. The topological polar surface area (TPSA) is 122 Å². The van der Waals surface area contributed by atoms with E-state index in [-0.39, 0.29) is 23.6 Å². The second kappa shape index (κ2) is 10.9. The van der Waals surface area contributed by atoms with Gasteiger partial charge in [0.2, 0.25) is 0 Å². The summed E-state index contributed by atoms with van der Waals surface area (Å²) in [5.74, 6) is -0.621. The molecule has 1 aromatic heterocycles. The van der Waals surface area contributed by atoms with E-state index in [1.165, 1.54) is 0 Å². The molecule has 1 amide bonds. The van der Waals surface area contributed by atoms with Gasteiger partial charge in [-0.3, -0.25) is 9.59 Å². The van der Waals surface area contributed by atoms with Crippen LogP contribution >= 0.6 is 11.6 Å². The monoisotopic (exact) mass is 496 g/mol. The van der Waals surface area contributed by atoms with E-state index in [9.17, 15) is 9.59 Å². The summed E-state index contributed by atoms with van der Waals surface area (Å²) in [5, 5.41) is 30.1. The maximum Gasteiger partial charge on any atom is 0.306 e. The van der Waals surface area contributed by atoms with Gasteiger partial charge in [0, 0.05) is 37.9 Å². The first kappa shape index (κ1) is 24.7. The first-order chi connectivity index (χ1) is 16.9. The molecule has 0 bridgehead atoms. The fourth-order valence-electron chi connectivity index (χ4n) is 4.86. The Labute approximate surface area is 209 Å². The molecule has 1 aromatic carbocycles. The summed E-state index contributed by atoms with van der Waals surface area (Å²) in [6.07, 6.45) is 4.72. The first-order valence-electron chi connectivity index (χ1n) is 11.9. The zero-order chi connectivity index (χ0) is 24.9. The lowest BCUT2D eigenvalue weighted by Crippen LogP contribution is -2.43. The second-order valence-electron chi connectivity index (χ2n) is 9.24. The third kappa shape index (κ3) is 5.82. The number of halogens is 1. The van der Waals surface area contributed by atoms with E-state index in [4.69, 9.17) is 22.0 Å². The van der Waals surface area contributed by atoms with Crippen LogP contribution in [-0.4, -0.2) is 59.4 Å². The van der Waals surface area contributed by atoms with Crippen molar-refractivity contribution in [3.63, 3.8) is 0 Å². The SMILES string of the molecule is CN(c1ccc(C#N)c(Cl)c1)C1CCC(NC(=O)c2ccc(N3CCC(C(=O)O)CC3)nn2)CC1. The number of hydrogen-bond acceptors (Lipinski definition) is 7. The van der Waals surface area contributed by atoms with Crippen LogP contribution in [0.1, 0.15) is 54.6 Å². The first-order valence-corrected chi connectivity index (χ1v) is 12.3. The molecular formula is C25H29ClN6O3. The van der Waals surface area contributed by atoms with Gasteiger partial charge in [-0.1, -0.05) is 11.6 Å². The van der Waals surface area contributed by atoms with Gasteiger partial charge >= 0.3 is 5.97 Å². The maximum absolute atomic E-state index is 12.7. The van der Waals surface area contributed by atoms with Crippen LogP contribution in [-0.2, 0) is 4.79 Å². The Kier molecular flexibility index (Phi) is 7.71. The van der Waals surface area contributed by atoms with E-state index in [0.29, 0.717) is 48.4 Å². The highest BCUT2D eigenvalue weighted by Crippen LogP contribution is 2.29. The maximum atomic E-state index is 12.7. The molecule has 10 heteroatoms. The summed E-state index contributed by atoms with van der Waals surface area (Å²) < 4.78 is 0. The van der Waals surface area contributed by atoms with Crippen LogP contribution in [0.15, 0.2) is 30.3 Å². The van der Waals surface area contributed by atoms with Gasteiger partial charge in [0.05, 0.1) is 16.5 Å². The van der Waals surface area contributed by atoms with E-state index >= 15 is 0 Å². The number of carbonyl (C=O) groups excluding carboxylic acids is 1. The fourth-order valence-corrected chi connectivity index (χ4v) is 5.08. The zero-order valence-electron chi connectivity index (χ0n) is 19.7. The molecule has 2 fully saturated rings. The zero-order valence-corrected chi connectivity index (χ0v) is 20.4. The molecule has 1 saturated carbocycles. The highest BCUT2D eigenvalue weighted by Gasteiger charge is 2.27. The van der Waals surface area contributed by atoms with Crippen LogP contribution < -0.4 is 15.1 Å². The van der Waals surface area contributed by atoms with E-state index < -0.39 is 5.97 Å². The van der Waals surface area contributed by atoms with Crippen molar-refractivity contribution in [2.45, 2.75) is 50.6 Å². The Morgan fingerprint density at radius 1 is 1.11 bits per heavy atom. The Bertz CT molecular complexity index is 1100. The van der Waals surface area contributed by atoms with Crippen LogP contribution in [0.3, 0.4) is 0 Å². The molecule has 1 saturated heterocycles. The van der Waals surface area contributed by atoms with Crippen molar-refractivity contribution in [3.05, 3.63) is 46.6 Å². The smallest absolute Gasteiger partial charge is 0.306 e. The Morgan fingerprint density at radius 3 is 2.40 bits per heavy atom. The van der Waals surface area contributed by atoms with Crippen LogP contribution in [0.5, 0.6) is 0 Å². The average Bonchev–Trinajstić information content (AvgIpc) is 2.88. The van der Waals surface area contributed by atoms with Crippen molar-refractivity contribution in [1.29, 1.82) is 5.26 Å². The number of carboxylic acids is 1. The molecule has 184 valence electrons. The van der Waals surface area contributed by atoms with Gasteiger partial charge in [0.15, 0.2) is 11.5 Å². The number of anilines is 2. The van der Waals surface area contributed by atoms with Gasteiger partial charge in [-0.15, -0.1) is 10.2 Å². The Morgan fingerprint density at radius 2 is 1.83 bits per heavy atom. The van der Waals surface area contributed by atoms with Crippen LogP contribution in [0.25, 0.3) is 0 Å². The highest BCUT2D eigenvalue weighted by molar-refractivity contribution is 6.32. The normalized spacial score (nSPS) is 20.7. The molecule has 2 aliphatic rings. The van der Waals surface area contributed by atoms with Gasteiger partial charge in [0.1, 0.15) is 6.07 Å². The standard InChI is InChI=1S/C25H29ClN6O3/c1-31(20-5-2-17(15-27)21(26)14-20)19-6-3-18(4-7-19)28-24(33)22-8-9-23(30-29-22)32-12-10-16(11-13-32)25(34)35/h2,5,8-9,14,16,18-19H,3-4,6-7,10-13H2,1H3,(H,28,33)(H,34,35). The van der Waals surface area contributed by atoms with E-state index in [1.807, 2.05) is 24.1 Å². The summed E-state index contributed by atoms with van der Waals surface area (Å²) >= 11 is 6.19. The van der Waals surface area contributed by atoms with Crippen molar-refractivity contribution < 1.29 is 14.7 Å². The minimum Gasteiger partial charge on any atom is -0.481 e. The van der Waals surface area contributed by atoms with Crippen LogP contribution in [0.4, 0.5) is 11.5 Å². The lowest BCUT2D eigenvalue weighted by atomic mass is 9.90. The largest absolute Gasteiger partial charge is 0.481 e. The van der Waals surface area contributed by atoms with Crippen molar-refractivity contribution in [3.8, 4) is 6.07 Å². The predicted octanol–water partition coefficient (Wildman–Crippen LogP) is 3.48. The van der Waals surface area contributed by atoms with Crippen LogP contribution in [0.2, 0.25) is 5.02 Å². The molecule has 0 unspecified atom stereocenters. The number of hydrogen-bond donors (Lipinski definition) is 2. The van der Waals surface area contributed by atoms with E-state index in [0.717, 1.165) is 31.4 Å². The number of nitrogens with zero attached hydrogens (tertiary/aromatic N) is 5. The van der Waals surface area contributed by atoms with Gasteiger partial charge in [-0.2, -0.15) is 5.26 Å². The van der Waals surface area contributed by atoms with Crippen LogP contribution in [0, 0.1) is 17.2 Å². The lowest BCUT2D eigenvalue weighted by Gasteiger charge is -2.36. The number of aromatic nitrogens is 2. The van der Waals surface area contributed by atoms with Crippen molar-refractivity contribution in [2.75, 3.05) is 29.9 Å². The molecule has 4 rings (SSSR count). The average molecular weight is 497 g/mol. The molecule has 2 aromatic rings. The van der Waals surface area contributed by atoms with Crippen molar-refractivity contribution in [2.24, 2.45) is 5.92 Å². The minimum atomic E-state index is -0.748. The molecular weight excluding hydrogens is 468 g/mol. The summed E-state index contributed by atoms with van der Waals surface area (Å²) in [4.78, 5) is 28.0.